The highest BCUT2D eigenvalue weighted by Crippen LogP contribution is 2.05. The summed E-state index contributed by atoms with van der Waals surface area (Å²) in [5.41, 5.74) is 8.11. The van der Waals surface area contributed by atoms with Crippen molar-refractivity contribution in [3.8, 4) is 0 Å². The number of hydrogen-bond acceptors (Lipinski definition) is 4. The van der Waals surface area contributed by atoms with E-state index in [0.29, 0.717) is 6.54 Å². The van der Waals surface area contributed by atoms with E-state index in [1.54, 1.807) is 0 Å². The van der Waals surface area contributed by atoms with E-state index in [9.17, 15) is 0 Å². The van der Waals surface area contributed by atoms with E-state index in [1.165, 1.54) is 11.1 Å². The molecule has 4 nitrogen and oxygen atoms in total. The lowest BCUT2D eigenvalue weighted by Crippen LogP contribution is -2.34. The van der Waals surface area contributed by atoms with Gasteiger partial charge in [0.2, 0.25) is 0 Å². The molecule has 1 aromatic carbocycles. The Balaban J connectivity index is 1.94. The first kappa shape index (κ1) is 15.1. The Labute approximate surface area is 110 Å². The van der Waals surface area contributed by atoms with Gasteiger partial charge in [-0.2, -0.15) is 0 Å². The summed E-state index contributed by atoms with van der Waals surface area (Å²) in [7, 11) is 0. The van der Waals surface area contributed by atoms with Crippen molar-refractivity contribution in [2.75, 3.05) is 39.3 Å². The maximum Gasteiger partial charge on any atom is 0.0208 e. The molecule has 0 amide bonds. The standard InChI is InChI=1S/C14H26N4/c1-13-4-2-3-5-14(13)12-18-11-10-17-9-8-16-7-6-15/h2-5,16-18H,6-12,15H2,1H3. The fourth-order valence-electron chi connectivity index (χ4n) is 1.74. The minimum Gasteiger partial charge on any atom is -0.329 e. The van der Waals surface area contributed by atoms with Crippen LogP contribution in [0.25, 0.3) is 0 Å². The Morgan fingerprint density at radius 2 is 1.50 bits per heavy atom. The molecule has 5 N–H and O–H groups in total. The molecule has 0 aliphatic heterocycles. The molecule has 0 unspecified atom stereocenters. The second kappa shape index (κ2) is 10.0. The summed E-state index contributed by atoms with van der Waals surface area (Å²) in [6.07, 6.45) is 0. The van der Waals surface area contributed by atoms with Crippen LogP contribution >= 0.6 is 0 Å². The lowest BCUT2D eigenvalue weighted by atomic mass is 10.1. The Kier molecular flexibility index (Phi) is 8.42. The molecule has 0 spiro atoms. The third-order valence-electron chi connectivity index (χ3n) is 2.85. The van der Waals surface area contributed by atoms with Gasteiger partial charge in [-0.1, -0.05) is 24.3 Å². The van der Waals surface area contributed by atoms with E-state index in [0.717, 1.165) is 39.3 Å². The topological polar surface area (TPSA) is 62.1 Å². The molecule has 0 aliphatic rings. The van der Waals surface area contributed by atoms with E-state index in [1.807, 2.05) is 0 Å². The molecular formula is C14H26N4. The van der Waals surface area contributed by atoms with Gasteiger partial charge in [0.25, 0.3) is 0 Å². The van der Waals surface area contributed by atoms with Gasteiger partial charge in [0.15, 0.2) is 0 Å². The number of nitrogens with one attached hydrogen (secondary N) is 3. The van der Waals surface area contributed by atoms with Crippen molar-refractivity contribution in [1.29, 1.82) is 0 Å². The van der Waals surface area contributed by atoms with Crippen molar-refractivity contribution in [2.24, 2.45) is 5.73 Å². The molecule has 0 aliphatic carbocycles. The fourth-order valence-corrected chi connectivity index (χ4v) is 1.74. The van der Waals surface area contributed by atoms with Crippen LogP contribution in [0.1, 0.15) is 11.1 Å². The van der Waals surface area contributed by atoms with Crippen molar-refractivity contribution in [2.45, 2.75) is 13.5 Å². The van der Waals surface area contributed by atoms with Crippen LogP contribution < -0.4 is 21.7 Å². The minimum absolute atomic E-state index is 0.706. The van der Waals surface area contributed by atoms with Gasteiger partial charge in [0.1, 0.15) is 0 Å². The zero-order valence-corrected chi connectivity index (χ0v) is 11.3. The number of hydrogen-bond donors (Lipinski definition) is 4. The van der Waals surface area contributed by atoms with Gasteiger partial charge in [-0.25, -0.2) is 0 Å². The molecule has 0 radical (unpaired) electrons. The van der Waals surface area contributed by atoms with Crippen molar-refractivity contribution in [3.05, 3.63) is 35.4 Å². The Morgan fingerprint density at radius 3 is 2.17 bits per heavy atom. The molecule has 4 heteroatoms. The van der Waals surface area contributed by atoms with Crippen LogP contribution in [0.2, 0.25) is 0 Å². The van der Waals surface area contributed by atoms with Crippen LogP contribution in [-0.2, 0) is 6.54 Å². The lowest BCUT2D eigenvalue weighted by molar-refractivity contribution is 0.583. The van der Waals surface area contributed by atoms with Gasteiger partial charge < -0.3 is 21.7 Å². The normalized spacial score (nSPS) is 10.8. The molecule has 1 aromatic rings. The molecule has 0 saturated carbocycles. The van der Waals surface area contributed by atoms with Crippen LogP contribution in [0.5, 0.6) is 0 Å². The van der Waals surface area contributed by atoms with Crippen LogP contribution in [0, 0.1) is 6.92 Å². The van der Waals surface area contributed by atoms with E-state index in [2.05, 4.69) is 47.1 Å². The summed E-state index contributed by atoms with van der Waals surface area (Å²) in [5.74, 6) is 0. The summed E-state index contributed by atoms with van der Waals surface area (Å²) >= 11 is 0. The van der Waals surface area contributed by atoms with Gasteiger partial charge in [-0.3, -0.25) is 0 Å². The van der Waals surface area contributed by atoms with Gasteiger partial charge in [0.05, 0.1) is 0 Å². The minimum atomic E-state index is 0.706. The van der Waals surface area contributed by atoms with Crippen molar-refractivity contribution in [1.82, 2.24) is 16.0 Å². The molecule has 0 fully saturated rings. The SMILES string of the molecule is Cc1ccccc1CNCCNCCNCCN. The quantitative estimate of drug-likeness (QED) is 0.449. The molecule has 0 saturated heterocycles. The highest BCUT2D eigenvalue weighted by atomic mass is 15.0. The molecular weight excluding hydrogens is 224 g/mol. The zero-order chi connectivity index (χ0) is 13.1. The zero-order valence-electron chi connectivity index (χ0n) is 11.3. The maximum absolute atomic E-state index is 5.38. The van der Waals surface area contributed by atoms with Crippen LogP contribution in [0.4, 0.5) is 0 Å². The first-order valence-electron chi connectivity index (χ1n) is 6.71. The predicted molar refractivity (Wildman–Crippen MR) is 77.7 cm³/mol. The third-order valence-corrected chi connectivity index (χ3v) is 2.85. The third kappa shape index (κ3) is 6.71. The first-order valence-corrected chi connectivity index (χ1v) is 6.71. The van der Waals surface area contributed by atoms with E-state index in [4.69, 9.17) is 5.73 Å². The average molecular weight is 250 g/mol. The van der Waals surface area contributed by atoms with E-state index in [-0.39, 0.29) is 0 Å². The molecule has 102 valence electrons. The first-order chi connectivity index (χ1) is 8.84. The number of nitrogens with two attached hydrogens (primary N) is 1. The fraction of sp³-hybridized carbons (Fsp3) is 0.571. The highest BCUT2D eigenvalue weighted by molar-refractivity contribution is 5.25. The number of benzene rings is 1. The summed E-state index contributed by atoms with van der Waals surface area (Å²) in [6.45, 7) is 8.66. The highest BCUT2D eigenvalue weighted by Gasteiger charge is 1.95. The smallest absolute Gasteiger partial charge is 0.0208 e. The number of rotatable bonds is 10. The summed E-state index contributed by atoms with van der Waals surface area (Å²) in [5, 5.41) is 10.1. The molecule has 1 rings (SSSR count). The second-order valence-corrected chi connectivity index (χ2v) is 4.39. The summed E-state index contributed by atoms with van der Waals surface area (Å²) < 4.78 is 0. The van der Waals surface area contributed by atoms with E-state index >= 15 is 0 Å². The van der Waals surface area contributed by atoms with Crippen molar-refractivity contribution >= 4 is 0 Å². The Morgan fingerprint density at radius 1 is 0.889 bits per heavy atom. The molecule has 18 heavy (non-hydrogen) atoms. The Hall–Kier alpha value is -0.940. The second-order valence-electron chi connectivity index (χ2n) is 4.39. The van der Waals surface area contributed by atoms with Crippen molar-refractivity contribution < 1.29 is 0 Å². The largest absolute Gasteiger partial charge is 0.329 e. The number of aryl methyl sites for hydroxylation is 1. The molecule has 0 aromatic heterocycles. The van der Waals surface area contributed by atoms with Gasteiger partial charge in [-0.05, 0) is 18.1 Å². The monoisotopic (exact) mass is 250 g/mol. The predicted octanol–water partition coefficient (Wildman–Crippen LogP) is 0.223. The summed E-state index contributed by atoms with van der Waals surface area (Å²) in [4.78, 5) is 0. The van der Waals surface area contributed by atoms with E-state index < -0.39 is 0 Å². The molecule has 0 atom stereocenters. The lowest BCUT2D eigenvalue weighted by Gasteiger charge is -2.09. The van der Waals surface area contributed by atoms with Gasteiger partial charge >= 0.3 is 0 Å². The average Bonchev–Trinajstić information content (AvgIpc) is 2.39. The molecule has 0 heterocycles. The van der Waals surface area contributed by atoms with Gasteiger partial charge in [-0.15, -0.1) is 0 Å². The van der Waals surface area contributed by atoms with Crippen molar-refractivity contribution in [3.63, 3.8) is 0 Å². The maximum atomic E-state index is 5.38. The van der Waals surface area contributed by atoms with Gasteiger partial charge in [0, 0.05) is 45.8 Å². The van der Waals surface area contributed by atoms with Crippen LogP contribution in [0.15, 0.2) is 24.3 Å². The Bertz CT molecular complexity index is 314. The van der Waals surface area contributed by atoms with Crippen LogP contribution in [-0.4, -0.2) is 39.3 Å². The summed E-state index contributed by atoms with van der Waals surface area (Å²) in [6, 6.07) is 8.49. The van der Waals surface area contributed by atoms with Crippen LogP contribution in [0.3, 0.4) is 0 Å². The molecule has 0 bridgehead atoms.